The van der Waals surface area contributed by atoms with E-state index in [1.54, 1.807) is 14.2 Å². The molecule has 4 aromatic rings. The summed E-state index contributed by atoms with van der Waals surface area (Å²) in [5.41, 5.74) is 8.05. The van der Waals surface area contributed by atoms with Crippen LogP contribution in [-0.4, -0.2) is 72.4 Å². The van der Waals surface area contributed by atoms with Gasteiger partial charge in [-0.25, -0.2) is 21.6 Å². The number of unbranched alkanes of at least 4 members (excludes halogenated alkanes) is 1. The Morgan fingerprint density at radius 3 is 1.69 bits per heavy atom. The van der Waals surface area contributed by atoms with E-state index in [9.17, 15) is 16.8 Å². The molecule has 4 rings (SSSR count). The fraction of sp³-hybridized carbons (Fsp3) is 0.421. The van der Waals surface area contributed by atoms with E-state index in [-0.39, 0.29) is 12.4 Å². The van der Waals surface area contributed by atoms with E-state index in [4.69, 9.17) is 18.9 Å². The lowest BCUT2D eigenvalue weighted by atomic mass is 9.92. The quantitative estimate of drug-likeness (QED) is 0.0844. The Bertz CT molecular complexity index is 1980. The molecular weight excluding hydrogens is 864 g/mol. The van der Waals surface area contributed by atoms with Gasteiger partial charge < -0.3 is 24.3 Å². The van der Waals surface area contributed by atoms with Gasteiger partial charge in [0.15, 0.2) is 0 Å². The Labute approximate surface area is 336 Å². The minimum absolute atomic E-state index is 0.132. The number of hydrogen-bond acceptors (Lipinski definition) is 11. The highest BCUT2D eigenvalue weighted by molar-refractivity contribution is 9.10. The van der Waals surface area contributed by atoms with Crippen LogP contribution in [0.5, 0.6) is 23.5 Å². The molecule has 0 atom stereocenters. The molecule has 0 radical (unpaired) electrons. The van der Waals surface area contributed by atoms with Gasteiger partial charge in [0.05, 0.1) is 35.2 Å². The maximum atomic E-state index is 11.4. The monoisotopic (exact) mass is 910 g/mol. The summed E-state index contributed by atoms with van der Waals surface area (Å²) in [6.45, 7) is 6.13. The van der Waals surface area contributed by atoms with Crippen molar-refractivity contribution in [3.8, 4) is 34.6 Å². The second kappa shape index (κ2) is 20.1. The Hall–Kier alpha value is -3.28. The van der Waals surface area contributed by atoms with Crippen LogP contribution in [0.3, 0.4) is 0 Å². The predicted molar refractivity (Wildman–Crippen MR) is 219 cm³/mol. The first kappa shape index (κ1) is 43.4. The number of aryl methyl sites for hydroxylation is 1. The first-order chi connectivity index (χ1) is 25.6. The molecular formula is C38H48Br2N4O8S2. The molecule has 0 spiro atoms. The molecule has 0 bridgehead atoms. The lowest BCUT2D eigenvalue weighted by Gasteiger charge is -2.18. The van der Waals surface area contributed by atoms with E-state index >= 15 is 0 Å². The number of sulfonamides is 1. The molecule has 2 aromatic carbocycles. The second-order valence-corrected chi connectivity index (χ2v) is 18.7. The predicted octanol–water partition coefficient (Wildman–Crippen LogP) is 6.86. The molecule has 54 heavy (non-hydrogen) atoms. The Morgan fingerprint density at radius 2 is 1.19 bits per heavy atom. The standard InChI is InChI=1S/C38H48Br2N4O8S2/c1-25-28(23-51-37-33(39)20-27(35(43-37)49-3)12-7-8-18-42-54(6,47)48)13-9-15-31(25)32-16-10-14-29(26(32)2)24-52-38-34(40)21-30(36(44-38)50-4)22-41-17-11-19-53(5,45)46/h9-10,13-16,20-21,41-42H,7-8,11-12,17-19,22-24H2,1-6H3. The number of sulfone groups is 1. The van der Waals surface area contributed by atoms with Gasteiger partial charge >= 0.3 is 0 Å². The molecule has 16 heteroatoms. The van der Waals surface area contributed by atoms with Crippen molar-refractivity contribution in [2.75, 3.05) is 45.6 Å². The first-order valence-electron chi connectivity index (χ1n) is 17.3. The number of hydrogen-bond donors (Lipinski definition) is 2. The average molecular weight is 913 g/mol. The first-order valence-corrected chi connectivity index (χ1v) is 22.9. The van der Waals surface area contributed by atoms with Gasteiger partial charge in [-0.2, -0.15) is 9.97 Å². The van der Waals surface area contributed by atoms with Gasteiger partial charge in [0.2, 0.25) is 33.5 Å². The number of nitrogens with one attached hydrogen (secondary N) is 2. The van der Waals surface area contributed by atoms with Crippen molar-refractivity contribution >= 4 is 51.7 Å². The summed E-state index contributed by atoms with van der Waals surface area (Å²) < 4.78 is 72.9. The smallest absolute Gasteiger partial charge is 0.231 e. The van der Waals surface area contributed by atoms with Gasteiger partial charge in [0.25, 0.3) is 0 Å². The van der Waals surface area contributed by atoms with E-state index in [2.05, 4.69) is 77.8 Å². The average Bonchev–Trinajstić information content (AvgIpc) is 3.10. The molecule has 12 nitrogen and oxygen atoms in total. The molecule has 0 unspecified atom stereocenters. The van der Waals surface area contributed by atoms with E-state index in [1.807, 2.05) is 36.4 Å². The molecule has 0 saturated heterocycles. The third-order valence-corrected chi connectivity index (χ3v) is 11.6. The van der Waals surface area contributed by atoms with Gasteiger partial charge in [0.1, 0.15) is 23.1 Å². The van der Waals surface area contributed by atoms with E-state index in [1.165, 1.54) is 6.26 Å². The SMILES string of the molecule is COc1nc(OCc2cccc(-c3cccc(COc4nc(OC)c(CNCCCS(C)(=O)=O)cc4Br)c3C)c2C)c(Br)cc1CCCCNS(C)(=O)=O. The fourth-order valence-electron chi connectivity index (χ4n) is 5.79. The van der Waals surface area contributed by atoms with Crippen molar-refractivity contribution in [2.24, 2.45) is 0 Å². The van der Waals surface area contributed by atoms with Gasteiger partial charge in [-0.15, -0.1) is 0 Å². The third kappa shape index (κ3) is 12.9. The molecule has 2 heterocycles. The lowest BCUT2D eigenvalue weighted by molar-refractivity contribution is 0.283. The van der Waals surface area contributed by atoms with Crippen molar-refractivity contribution < 1.29 is 35.8 Å². The van der Waals surface area contributed by atoms with Crippen molar-refractivity contribution in [3.05, 3.63) is 90.9 Å². The molecule has 0 aliphatic heterocycles. The number of pyridine rings is 2. The summed E-state index contributed by atoms with van der Waals surface area (Å²) in [5, 5.41) is 3.25. The zero-order chi connectivity index (χ0) is 39.5. The van der Waals surface area contributed by atoms with Crippen LogP contribution in [0.25, 0.3) is 11.1 Å². The largest absolute Gasteiger partial charge is 0.481 e. The van der Waals surface area contributed by atoms with Crippen LogP contribution in [0.2, 0.25) is 0 Å². The zero-order valence-corrected chi connectivity index (χ0v) is 36.2. The Kier molecular flexibility index (Phi) is 16.1. The van der Waals surface area contributed by atoms with Gasteiger partial charge in [0, 0.05) is 30.5 Å². The van der Waals surface area contributed by atoms with Crippen LogP contribution in [0, 0.1) is 13.8 Å². The second-order valence-electron chi connectivity index (χ2n) is 12.9. The van der Waals surface area contributed by atoms with Gasteiger partial charge in [-0.3, -0.25) is 0 Å². The normalized spacial score (nSPS) is 11.8. The number of halogens is 2. The van der Waals surface area contributed by atoms with Gasteiger partial charge in [-0.1, -0.05) is 36.4 Å². The topological polar surface area (TPSA) is 155 Å². The van der Waals surface area contributed by atoms with E-state index in [0.29, 0.717) is 78.0 Å². The summed E-state index contributed by atoms with van der Waals surface area (Å²) in [7, 11) is -3.08. The Morgan fingerprint density at radius 1 is 0.667 bits per heavy atom. The highest BCUT2D eigenvalue weighted by atomic mass is 79.9. The van der Waals surface area contributed by atoms with Crippen LogP contribution in [0.15, 0.2) is 57.5 Å². The summed E-state index contributed by atoms with van der Waals surface area (Å²) in [6, 6.07) is 16.1. The molecule has 0 fully saturated rings. The lowest BCUT2D eigenvalue weighted by Crippen LogP contribution is -2.22. The number of benzene rings is 2. The highest BCUT2D eigenvalue weighted by Gasteiger charge is 2.17. The minimum Gasteiger partial charge on any atom is -0.481 e. The van der Waals surface area contributed by atoms with Crippen molar-refractivity contribution in [1.82, 2.24) is 20.0 Å². The maximum absolute atomic E-state index is 11.4. The maximum Gasteiger partial charge on any atom is 0.231 e. The van der Waals surface area contributed by atoms with Crippen molar-refractivity contribution in [1.29, 1.82) is 0 Å². The van der Waals surface area contributed by atoms with Crippen LogP contribution in [0.4, 0.5) is 0 Å². The number of aromatic nitrogens is 2. The summed E-state index contributed by atoms with van der Waals surface area (Å²) >= 11 is 7.20. The minimum atomic E-state index is -3.21. The van der Waals surface area contributed by atoms with Crippen molar-refractivity contribution in [2.45, 2.75) is 59.3 Å². The summed E-state index contributed by atoms with van der Waals surface area (Å²) in [6.07, 6.45) is 5.03. The number of methoxy groups -OCH3 is 2. The molecule has 0 saturated carbocycles. The van der Waals surface area contributed by atoms with Crippen LogP contribution < -0.4 is 29.0 Å². The van der Waals surface area contributed by atoms with Crippen molar-refractivity contribution in [3.63, 3.8) is 0 Å². The highest BCUT2D eigenvalue weighted by Crippen LogP contribution is 2.35. The molecule has 2 aromatic heterocycles. The van der Waals surface area contributed by atoms with Crippen LogP contribution in [0.1, 0.15) is 52.6 Å². The van der Waals surface area contributed by atoms with Crippen LogP contribution >= 0.6 is 31.9 Å². The van der Waals surface area contributed by atoms with Crippen LogP contribution in [-0.2, 0) is 46.0 Å². The zero-order valence-electron chi connectivity index (χ0n) is 31.4. The number of rotatable bonds is 21. The van der Waals surface area contributed by atoms with E-state index in [0.717, 1.165) is 57.2 Å². The van der Waals surface area contributed by atoms with Gasteiger partial charge in [-0.05, 0) is 123 Å². The fourth-order valence-corrected chi connectivity index (χ4v) is 7.93. The summed E-state index contributed by atoms with van der Waals surface area (Å²) in [4.78, 5) is 9.22. The third-order valence-electron chi connectivity index (χ3n) is 8.68. The molecule has 0 aliphatic rings. The molecule has 294 valence electrons. The Balaban J connectivity index is 1.42. The van der Waals surface area contributed by atoms with E-state index < -0.39 is 19.9 Å². The molecule has 0 amide bonds. The summed E-state index contributed by atoms with van der Waals surface area (Å²) in [5.74, 6) is 1.85. The number of ether oxygens (including phenoxy) is 4. The molecule has 0 aliphatic carbocycles. The molecule has 2 N–H and O–H groups in total. The number of nitrogens with zero attached hydrogens (tertiary/aromatic N) is 2.